The van der Waals surface area contributed by atoms with Gasteiger partial charge in [-0.1, -0.05) is 0 Å². The number of carbonyl (C=O) groups is 1. The molecule has 1 heterocycles. The van der Waals surface area contributed by atoms with Crippen LogP contribution in [0.2, 0.25) is 0 Å². The minimum atomic E-state index is -1.08. The molecule has 1 aromatic heterocycles. The van der Waals surface area contributed by atoms with Gasteiger partial charge in [-0.25, -0.2) is 0 Å². The summed E-state index contributed by atoms with van der Waals surface area (Å²) in [4.78, 5) is 24.7. The SMILES string of the molecule is CCn1c(C)nc([N+](=O)[O-])c1NC(C)C(=O)O. The minimum Gasteiger partial charge on any atom is -0.480 e. The number of anilines is 1. The highest BCUT2D eigenvalue weighted by molar-refractivity contribution is 5.77. The number of aryl methyl sites for hydroxylation is 1. The van der Waals surface area contributed by atoms with E-state index in [-0.39, 0.29) is 11.6 Å². The molecule has 0 spiro atoms. The lowest BCUT2D eigenvalue weighted by molar-refractivity contribution is -0.388. The van der Waals surface area contributed by atoms with E-state index in [1.807, 2.05) is 0 Å². The molecule has 0 saturated heterocycles. The number of hydrogen-bond donors (Lipinski definition) is 2. The molecule has 0 aliphatic carbocycles. The molecule has 94 valence electrons. The lowest BCUT2D eigenvalue weighted by atomic mass is 10.3. The van der Waals surface area contributed by atoms with Crippen molar-refractivity contribution in [2.45, 2.75) is 33.4 Å². The largest absolute Gasteiger partial charge is 0.480 e. The van der Waals surface area contributed by atoms with Gasteiger partial charge in [-0.2, -0.15) is 0 Å². The Hall–Kier alpha value is -2.12. The maximum Gasteiger partial charge on any atom is 0.406 e. The zero-order valence-electron chi connectivity index (χ0n) is 9.80. The first-order chi connectivity index (χ1) is 7.88. The van der Waals surface area contributed by atoms with Crippen LogP contribution in [-0.4, -0.2) is 31.6 Å². The van der Waals surface area contributed by atoms with Gasteiger partial charge in [0.1, 0.15) is 6.04 Å². The predicted molar refractivity (Wildman–Crippen MR) is 60.0 cm³/mol. The number of carboxylic acids is 1. The van der Waals surface area contributed by atoms with Crippen LogP contribution in [0.4, 0.5) is 11.6 Å². The van der Waals surface area contributed by atoms with Gasteiger partial charge in [-0.05, 0) is 23.8 Å². The van der Waals surface area contributed by atoms with Crippen molar-refractivity contribution >= 4 is 17.6 Å². The van der Waals surface area contributed by atoms with Gasteiger partial charge in [0.15, 0.2) is 0 Å². The summed E-state index contributed by atoms with van der Waals surface area (Å²) in [5.41, 5.74) is 0. The summed E-state index contributed by atoms with van der Waals surface area (Å²) in [5, 5.41) is 22.2. The monoisotopic (exact) mass is 242 g/mol. The Morgan fingerprint density at radius 1 is 1.71 bits per heavy atom. The summed E-state index contributed by atoms with van der Waals surface area (Å²) in [6.07, 6.45) is 0. The third-order valence-electron chi connectivity index (χ3n) is 2.35. The second kappa shape index (κ2) is 4.81. The van der Waals surface area contributed by atoms with Crippen LogP contribution in [0.3, 0.4) is 0 Å². The van der Waals surface area contributed by atoms with Crippen molar-refractivity contribution < 1.29 is 14.8 Å². The summed E-state index contributed by atoms with van der Waals surface area (Å²) >= 11 is 0. The normalized spacial score (nSPS) is 12.2. The van der Waals surface area contributed by atoms with Crippen LogP contribution < -0.4 is 5.32 Å². The van der Waals surface area contributed by atoms with Gasteiger partial charge in [-0.15, -0.1) is 0 Å². The fraction of sp³-hybridized carbons (Fsp3) is 0.556. The number of aromatic nitrogens is 2. The lowest BCUT2D eigenvalue weighted by Gasteiger charge is -2.11. The topological polar surface area (TPSA) is 110 Å². The molecule has 1 atom stereocenters. The molecule has 17 heavy (non-hydrogen) atoms. The summed E-state index contributed by atoms with van der Waals surface area (Å²) in [6, 6.07) is -0.921. The number of hydrogen-bond acceptors (Lipinski definition) is 5. The van der Waals surface area contributed by atoms with E-state index < -0.39 is 16.9 Å². The molecule has 1 rings (SSSR count). The first-order valence-electron chi connectivity index (χ1n) is 5.09. The van der Waals surface area contributed by atoms with Crippen molar-refractivity contribution in [2.24, 2.45) is 0 Å². The van der Waals surface area contributed by atoms with Gasteiger partial charge >= 0.3 is 11.8 Å². The average Bonchev–Trinajstić information content (AvgIpc) is 2.54. The Kier molecular flexibility index (Phi) is 3.66. The summed E-state index contributed by atoms with van der Waals surface area (Å²) in [5.74, 6) is -0.831. The van der Waals surface area contributed by atoms with Crippen LogP contribution in [-0.2, 0) is 11.3 Å². The molecule has 2 N–H and O–H groups in total. The number of rotatable bonds is 5. The molecule has 8 heteroatoms. The van der Waals surface area contributed by atoms with Crippen molar-refractivity contribution in [3.05, 3.63) is 15.9 Å². The maximum atomic E-state index is 10.8. The van der Waals surface area contributed by atoms with Crippen LogP contribution in [0, 0.1) is 17.0 Å². The first-order valence-corrected chi connectivity index (χ1v) is 5.09. The van der Waals surface area contributed by atoms with E-state index in [1.165, 1.54) is 6.92 Å². The second-order valence-electron chi connectivity index (χ2n) is 3.54. The first kappa shape index (κ1) is 12.9. The molecule has 0 aliphatic rings. The maximum absolute atomic E-state index is 10.8. The highest BCUT2D eigenvalue weighted by atomic mass is 16.6. The van der Waals surface area contributed by atoms with Crippen molar-refractivity contribution in [1.29, 1.82) is 0 Å². The van der Waals surface area contributed by atoms with Gasteiger partial charge in [0, 0.05) is 13.5 Å². The van der Waals surface area contributed by atoms with E-state index in [0.717, 1.165) is 0 Å². The quantitative estimate of drug-likeness (QED) is 0.588. The van der Waals surface area contributed by atoms with Gasteiger partial charge in [0.2, 0.25) is 11.6 Å². The molecular weight excluding hydrogens is 228 g/mol. The average molecular weight is 242 g/mol. The zero-order chi connectivity index (χ0) is 13.2. The van der Waals surface area contributed by atoms with Crippen molar-refractivity contribution in [1.82, 2.24) is 9.55 Å². The fourth-order valence-electron chi connectivity index (χ4n) is 1.47. The number of carboxylic acid groups (broad SMARTS) is 1. The van der Waals surface area contributed by atoms with E-state index >= 15 is 0 Å². The lowest BCUT2D eigenvalue weighted by Crippen LogP contribution is -2.27. The third kappa shape index (κ3) is 2.52. The Balaban J connectivity index is 3.18. The Morgan fingerprint density at radius 3 is 2.71 bits per heavy atom. The fourth-order valence-corrected chi connectivity index (χ4v) is 1.47. The van der Waals surface area contributed by atoms with Crippen molar-refractivity contribution in [3.8, 4) is 0 Å². The number of aliphatic carboxylic acids is 1. The highest BCUT2D eigenvalue weighted by Crippen LogP contribution is 2.25. The molecule has 1 aromatic rings. The molecule has 0 bridgehead atoms. The predicted octanol–water partition coefficient (Wildman–Crippen LogP) is 1.00. The van der Waals surface area contributed by atoms with Gasteiger partial charge in [-0.3, -0.25) is 9.36 Å². The van der Waals surface area contributed by atoms with E-state index in [9.17, 15) is 14.9 Å². The van der Waals surface area contributed by atoms with Crippen LogP contribution in [0.25, 0.3) is 0 Å². The zero-order valence-corrected chi connectivity index (χ0v) is 9.80. The van der Waals surface area contributed by atoms with E-state index in [2.05, 4.69) is 10.3 Å². The Morgan fingerprint density at radius 2 is 2.29 bits per heavy atom. The van der Waals surface area contributed by atoms with Crippen molar-refractivity contribution in [2.75, 3.05) is 5.32 Å². The second-order valence-corrected chi connectivity index (χ2v) is 3.54. The third-order valence-corrected chi connectivity index (χ3v) is 2.35. The summed E-state index contributed by atoms with van der Waals surface area (Å²) < 4.78 is 1.57. The Bertz CT molecular complexity index is 454. The molecule has 0 fully saturated rings. The van der Waals surface area contributed by atoms with E-state index in [4.69, 9.17) is 5.11 Å². The number of nitro groups is 1. The van der Waals surface area contributed by atoms with Crippen LogP contribution in [0.1, 0.15) is 19.7 Å². The minimum absolute atomic E-state index is 0.130. The molecule has 0 saturated carbocycles. The Labute approximate surface area is 97.4 Å². The van der Waals surface area contributed by atoms with Crippen molar-refractivity contribution in [3.63, 3.8) is 0 Å². The van der Waals surface area contributed by atoms with Gasteiger partial charge < -0.3 is 20.5 Å². The molecule has 0 aliphatic heterocycles. The summed E-state index contributed by atoms with van der Waals surface area (Å²) in [6.45, 7) is 5.32. The summed E-state index contributed by atoms with van der Waals surface area (Å²) in [7, 11) is 0. The molecule has 0 radical (unpaired) electrons. The molecule has 0 aromatic carbocycles. The molecular formula is C9H14N4O4. The standard InChI is InChI=1S/C9H14N4O4/c1-4-12-6(3)11-8(13(16)17)7(12)10-5(2)9(14)15/h5,10H,4H2,1-3H3,(H,14,15). The van der Waals surface area contributed by atoms with Gasteiger partial charge in [0.05, 0.1) is 0 Å². The molecule has 0 amide bonds. The smallest absolute Gasteiger partial charge is 0.406 e. The van der Waals surface area contributed by atoms with Gasteiger partial charge in [0.25, 0.3) is 0 Å². The van der Waals surface area contributed by atoms with Crippen LogP contribution >= 0.6 is 0 Å². The number of nitrogens with zero attached hydrogens (tertiary/aromatic N) is 3. The number of imidazole rings is 1. The number of nitrogens with one attached hydrogen (secondary N) is 1. The van der Waals surface area contributed by atoms with E-state index in [1.54, 1.807) is 18.4 Å². The molecule has 1 unspecified atom stereocenters. The van der Waals surface area contributed by atoms with E-state index in [0.29, 0.717) is 12.4 Å². The molecule has 8 nitrogen and oxygen atoms in total. The van der Waals surface area contributed by atoms with Crippen LogP contribution in [0.5, 0.6) is 0 Å². The highest BCUT2D eigenvalue weighted by Gasteiger charge is 2.27. The van der Waals surface area contributed by atoms with Crippen LogP contribution in [0.15, 0.2) is 0 Å².